The maximum absolute atomic E-state index is 6.44. The SMILES string of the molecule is COc1ccc2nccc(-n3cc4c(n3)CCC(NCc3cc5c(cc3Cl)OCO5)C4)c2n1. The molecule has 1 unspecified atom stereocenters. The third-order valence-corrected chi connectivity index (χ3v) is 6.54. The Morgan fingerprint density at radius 1 is 1.21 bits per heavy atom. The molecule has 1 atom stereocenters. The Morgan fingerprint density at radius 2 is 2.09 bits per heavy atom. The fourth-order valence-electron chi connectivity index (χ4n) is 4.44. The molecular formula is C24H22ClN5O3. The van der Waals surface area contributed by atoms with E-state index in [1.165, 1.54) is 5.56 Å². The second-order valence-corrected chi connectivity index (χ2v) is 8.62. The summed E-state index contributed by atoms with van der Waals surface area (Å²) in [6.07, 6.45) is 6.71. The van der Waals surface area contributed by atoms with Gasteiger partial charge in [-0.05, 0) is 48.6 Å². The van der Waals surface area contributed by atoms with Crippen LogP contribution in [0.3, 0.4) is 0 Å². The molecule has 0 saturated heterocycles. The Kier molecular flexibility index (Phi) is 5.04. The Bertz CT molecular complexity index is 1360. The molecule has 2 aliphatic rings. The minimum Gasteiger partial charge on any atom is -0.481 e. The minimum absolute atomic E-state index is 0.243. The average molecular weight is 464 g/mol. The van der Waals surface area contributed by atoms with Gasteiger partial charge in [-0.25, -0.2) is 9.67 Å². The Hall–Kier alpha value is -3.36. The number of ether oxygens (including phenoxy) is 3. The lowest BCUT2D eigenvalue weighted by Crippen LogP contribution is -2.33. The zero-order valence-electron chi connectivity index (χ0n) is 18.0. The second-order valence-electron chi connectivity index (χ2n) is 8.21. The third-order valence-electron chi connectivity index (χ3n) is 6.19. The van der Waals surface area contributed by atoms with Gasteiger partial charge in [-0.2, -0.15) is 5.10 Å². The van der Waals surface area contributed by atoms with E-state index in [0.29, 0.717) is 29.2 Å². The maximum Gasteiger partial charge on any atom is 0.231 e. The van der Waals surface area contributed by atoms with Crippen LogP contribution in [0.4, 0.5) is 0 Å². The lowest BCUT2D eigenvalue weighted by molar-refractivity contribution is 0.174. The molecule has 8 nitrogen and oxygen atoms in total. The van der Waals surface area contributed by atoms with Crippen LogP contribution in [0, 0.1) is 0 Å². The summed E-state index contributed by atoms with van der Waals surface area (Å²) in [7, 11) is 1.61. The lowest BCUT2D eigenvalue weighted by Gasteiger charge is -2.23. The van der Waals surface area contributed by atoms with Gasteiger partial charge in [0, 0.05) is 42.1 Å². The van der Waals surface area contributed by atoms with E-state index < -0.39 is 0 Å². The minimum atomic E-state index is 0.243. The van der Waals surface area contributed by atoms with Gasteiger partial charge >= 0.3 is 0 Å². The third kappa shape index (κ3) is 3.75. The Balaban J connectivity index is 1.21. The van der Waals surface area contributed by atoms with Crippen LogP contribution in [-0.2, 0) is 19.4 Å². The van der Waals surface area contributed by atoms with Crippen LogP contribution in [0.1, 0.15) is 23.2 Å². The maximum atomic E-state index is 6.44. The zero-order valence-corrected chi connectivity index (χ0v) is 18.8. The molecule has 0 spiro atoms. The van der Waals surface area contributed by atoms with Gasteiger partial charge < -0.3 is 19.5 Å². The number of benzene rings is 1. The number of hydrogen-bond acceptors (Lipinski definition) is 7. The van der Waals surface area contributed by atoms with Crippen molar-refractivity contribution in [3.8, 4) is 23.1 Å². The zero-order chi connectivity index (χ0) is 22.4. The van der Waals surface area contributed by atoms with E-state index in [1.807, 2.05) is 35.0 Å². The van der Waals surface area contributed by atoms with E-state index in [1.54, 1.807) is 13.3 Å². The fourth-order valence-corrected chi connectivity index (χ4v) is 4.66. The molecule has 3 aromatic heterocycles. The summed E-state index contributed by atoms with van der Waals surface area (Å²) in [5.41, 5.74) is 5.84. The smallest absolute Gasteiger partial charge is 0.231 e. The number of fused-ring (bicyclic) bond motifs is 3. The Labute approximate surface area is 195 Å². The van der Waals surface area contributed by atoms with Gasteiger partial charge in [-0.3, -0.25) is 4.98 Å². The first-order chi connectivity index (χ1) is 16.2. The van der Waals surface area contributed by atoms with Crippen LogP contribution in [0.15, 0.2) is 42.7 Å². The first kappa shape index (κ1) is 20.3. The normalized spacial score (nSPS) is 16.7. The number of halogens is 1. The standard InChI is InChI=1S/C24H22ClN5O3/c1-31-23-5-4-19-24(28-23)20(6-7-26-19)30-12-15-8-16(2-3-18(15)29-30)27-11-14-9-21-22(10-17(14)25)33-13-32-21/h4-7,9-10,12,16,27H,2-3,8,11,13H2,1H3. The van der Waals surface area contributed by atoms with Crippen molar-refractivity contribution in [3.05, 3.63) is 64.6 Å². The molecule has 9 heteroatoms. The van der Waals surface area contributed by atoms with Crippen LogP contribution in [0.2, 0.25) is 5.02 Å². The van der Waals surface area contributed by atoms with Gasteiger partial charge in [0.25, 0.3) is 0 Å². The van der Waals surface area contributed by atoms with Crippen LogP contribution in [0.5, 0.6) is 17.4 Å². The number of pyridine rings is 2. The van der Waals surface area contributed by atoms with Gasteiger partial charge in [0.1, 0.15) is 5.52 Å². The molecule has 0 amide bonds. The first-order valence-corrected chi connectivity index (χ1v) is 11.2. The van der Waals surface area contributed by atoms with Crippen molar-refractivity contribution >= 4 is 22.6 Å². The monoisotopic (exact) mass is 463 g/mol. The molecule has 1 aliphatic heterocycles. The van der Waals surface area contributed by atoms with Crippen LogP contribution >= 0.6 is 11.6 Å². The largest absolute Gasteiger partial charge is 0.481 e. The number of aryl methyl sites for hydroxylation is 1. The number of rotatable bonds is 5. The van der Waals surface area contributed by atoms with E-state index in [9.17, 15) is 0 Å². The van der Waals surface area contributed by atoms with Gasteiger partial charge in [-0.1, -0.05) is 11.6 Å². The van der Waals surface area contributed by atoms with Crippen molar-refractivity contribution in [1.82, 2.24) is 25.1 Å². The molecule has 1 aliphatic carbocycles. The van der Waals surface area contributed by atoms with Crippen LogP contribution in [-0.4, -0.2) is 39.7 Å². The molecule has 0 fully saturated rings. The molecule has 0 radical (unpaired) electrons. The van der Waals surface area contributed by atoms with Crippen LogP contribution in [0.25, 0.3) is 16.7 Å². The van der Waals surface area contributed by atoms with Gasteiger partial charge in [0.05, 0.1) is 24.0 Å². The quantitative estimate of drug-likeness (QED) is 0.481. The number of methoxy groups -OCH3 is 1. The van der Waals surface area contributed by atoms with E-state index >= 15 is 0 Å². The molecule has 4 aromatic rings. The fraction of sp³-hybridized carbons (Fsp3) is 0.292. The van der Waals surface area contributed by atoms with Crippen molar-refractivity contribution in [2.45, 2.75) is 31.8 Å². The molecule has 1 N–H and O–H groups in total. The first-order valence-electron chi connectivity index (χ1n) is 10.9. The van der Waals surface area contributed by atoms with Gasteiger partial charge in [-0.15, -0.1) is 0 Å². The van der Waals surface area contributed by atoms with Crippen molar-refractivity contribution in [1.29, 1.82) is 0 Å². The molecule has 168 valence electrons. The Morgan fingerprint density at radius 3 is 2.97 bits per heavy atom. The van der Waals surface area contributed by atoms with Crippen molar-refractivity contribution in [2.24, 2.45) is 0 Å². The van der Waals surface area contributed by atoms with Gasteiger partial charge in [0.15, 0.2) is 11.5 Å². The summed E-state index contributed by atoms with van der Waals surface area (Å²) in [6.45, 7) is 0.912. The summed E-state index contributed by atoms with van der Waals surface area (Å²) in [5.74, 6) is 2.01. The molecular weight excluding hydrogens is 442 g/mol. The highest BCUT2D eigenvalue weighted by molar-refractivity contribution is 6.31. The van der Waals surface area contributed by atoms with E-state index in [2.05, 4.69) is 21.5 Å². The van der Waals surface area contributed by atoms with Gasteiger partial charge in [0.2, 0.25) is 12.7 Å². The van der Waals surface area contributed by atoms with Crippen LogP contribution < -0.4 is 19.5 Å². The highest BCUT2D eigenvalue weighted by atomic mass is 35.5. The summed E-state index contributed by atoms with van der Waals surface area (Å²) >= 11 is 6.44. The molecule has 0 saturated carbocycles. The number of hydrogen-bond donors (Lipinski definition) is 1. The van der Waals surface area contributed by atoms with Crippen molar-refractivity contribution in [2.75, 3.05) is 13.9 Å². The molecule has 6 rings (SSSR count). The second kappa shape index (κ2) is 8.20. The molecule has 1 aromatic carbocycles. The lowest BCUT2D eigenvalue weighted by atomic mass is 9.93. The summed E-state index contributed by atoms with van der Waals surface area (Å²) in [5, 5.41) is 9.19. The topological polar surface area (TPSA) is 83.3 Å². The summed E-state index contributed by atoms with van der Waals surface area (Å²) < 4.78 is 18.1. The number of aromatic nitrogens is 4. The average Bonchev–Trinajstić information content (AvgIpc) is 3.47. The molecule has 0 bridgehead atoms. The highest BCUT2D eigenvalue weighted by Crippen LogP contribution is 2.37. The predicted molar refractivity (Wildman–Crippen MR) is 123 cm³/mol. The molecule has 4 heterocycles. The predicted octanol–water partition coefficient (Wildman–Crippen LogP) is 3.85. The van der Waals surface area contributed by atoms with E-state index in [4.69, 9.17) is 30.9 Å². The number of nitrogens with zero attached hydrogens (tertiary/aromatic N) is 4. The van der Waals surface area contributed by atoms with E-state index in [-0.39, 0.29) is 6.79 Å². The van der Waals surface area contributed by atoms with Crippen molar-refractivity contribution in [3.63, 3.8) is 0 Å². The highest BCUT2D eigenvalue weighted by Gasteiger charge is 2.23. The summed E-state index contributed by atoms with van der Waals surface area (Å²) in [4.78, 5) is 9.02. The van der Waals surface area contributed by atoms with E-state index in [0.717, 1.165) is 53.0 Å². The molecule has 33 heavy (non-hydrogen) atoms. The van der Waals surface area contributed by atoms with Crippen molar-refractivity contribution < 1.29 is 14.2 Å². The summed E-state index contributed by atoms with van der Waals surface area (Å²) in [6, 6.07) is 9.78. The number of nitrogens with one attached hydrogen (secondary N) is 1.